The molecule has 0 amide bonds. The van der Waals surface area contributed by atoms with Crippen molar-refractivity contribution < 1.29 is 57.1 Å². The molecule has 5 rings (SSSR count). The molecular weight excluding hydrogens is 708 g/mol. The van der Waals surface area contributed by atoms with Crippen molar-refractivity contribution in [3.63, 3.8) is 0 Å². The molecule has 0 aromatic heterocycles. The van der Waals surface area contributed by atoms with Crippen LogP contribution in [0.5, 0.6) is 5.75 Å². The first-order chi connectivity index (χ1) is 26.3. The lowest BCUT2D eigenvalue weighted by molar-refractivity contribution is -0.185. The Hall–Kier alpha value is -4.26. The molecule has 1 aromatic carbocycles. The molecule has 2 bridgehead atoms. The van der Waals surface area contributed by atoms with E-state index in [1.807, 2.05) is 37.3 Å². The molecule has 1 aromatic rings. The maximum absolute atomic E-state index is 11.3. The molecule has 0 spiro atoms. The molecule has 4 fully saturated rings. The van der Waals surface area contributed by atoms with E-state index in [1.54, 1.807) is 0 Å². The zero-order chi connectivity index (χ0) is 40.7. The molecule has 2 aliphatic carbocycles. The largest absolute Gasteiger partial charge is 0.490 e. The van der Waals surface area contributed by atoms with Crippen LogP contribution in [0.2, 0.25) is 0 Å². The topological polar surface area (TPSA) is 142 Å². The average molecular weight is 771 g/mol. The van der Waals surface area contributed by atoms with E-state index in [-0.39, 0.29) is 54.0 Å². The Morgan fingerprint density at radius 2 is 1.51 bits per heavy atom. The van der Waals surface area contributed by atoms with Crippen molar-refractivity contribution in [1.82, 2.24) is 0 Å². The summed E-state index contributed by atoms with van der Waals surface area (Å²) >= 11 is 0. The van der Waals surface area contributed by atoms with Gasteiger partial charge >= 0.3 is 23.9 Å². The fourth-order valence-corrected chi connectivity index (χ4v) is 6.80. The third-order valence-corrected chi connectivity index (χ3v) is 10.8. The second-order valence-corrected chi connectivity index (χ2v) is 14.6. The summed E-state index contributed by atoms with van der Waals surface area (Å²) in [6.07, 6.45) is 12.0. The average Bonchev–Trinajstić information content (AvgIpc) is 3.86. The number of rotatable bonds is 15. The number of ether oxygens (including phenoxy) is 8. The van der Waals surface area contributed by atoms with E-state index >= 15 is 0 Å². The van der Waals surface area contributed by atoms with Crippen LogP contribution in [0.1, 0.15) is 72.6 Å². The highest BCUT2D eigenvalue weighted by molar-refractivity contribution is 5.82. The second kappa shape index (κ2) is 24.3. The third kappa shape index (κ3) is 15.4. The summed E-state index contributed by atoms with van der Waals surface area (Å²) in [5.41, 5.74) is 0.284. The van der Waals surface area contributed by atoms with Gasteiger partial charge in [-0.25, -0.2) is 14.4 Å². The van der Waals surface area contributed by atoms with Crippen LogP contribution in [0.25, 0.3) is 0 Å². The molecule has 12 nitrogen and oxygen atoms in total. The van der Waals surface area contributed by atoms with Gasteiger partial charge in [-0.05, 0) is 62.0 Å². The Morgan fingerprint density at radius 3 is 2.04 bits per heavy atom. The van der Waals surface area contributed by atoms with E-state index in [9.17, 15) is 19.2 Å². The van der Waals surface area contributed by atoms with E-state index in [0.29, 0.717) is 51.2 Å². The predicted molar refractivity (Wildman–Crippen MR) is 208 cm³/mol. The summed E-state index contributed by atoms with van der Waals surface area (Å²) in [7, 11) is 0. The molecule has 4 aliphatic rings. The number of fused-ring (bicyclic) bond motifs is 2. The van der Waals surface area contributed by atoms with Gasteiger partial charge in [-0.2, -0.15) is 0 Å². The van der Waals surface area contributed by atoms with Crippen molar-refractivity contribution in [1.29, 1.82) is 0 Å². The van der Waals surface area contributed by atoms with Gasteiger partial charge in [0.05, 0.1) is 31.2 Å². The summed E-state index contributed by atoms with van der Waals surface area (Å²) in [6.45, 7) is 26.0. The maximum Gasteiger partial charge on any atom is 0.330 e. The lowest BCUT2D eigenvalue weighted by Crippen LogP contribution is -2.41. The van der Waals surface area contributed by atoms with Gasteiger partial charge in [-0.1, -0.05) is 71.7 Å². The highest BCUT2D eigenvalue weighted by Gasteiger charge is 2.62. The molecule has 55 heavy (non-hydrogen) atoms. The number of hydrogen-bond donors (Lipinski definition) is 0. The number of carbonyl (C=O) groups is 4. The van der Waals surface area contributed by atoms with E-state index in [1.165, 1.54) is 25.0 Å². The zero-order valence-electron chi connectivity index (χ0n) is 33.3. The van der Waals surface area contributed by atoms with Gasteiger partial charge in [-0.3, -0.25) is 4.79 Å². The molecule has 12 heteroatoms. The molecule has 0 N–H and O–H groups in total. The number of hydrogen-bond acceptors (Lipinski definition) is 12. The molecular formula is C43H62O12. The number of para-hydroxylation sites is 1. The molecule has 2 saturated heterocycles. The molecule has 2 heterocycles. The molecule has 2 saturated carbocycles. The molecule has 306 valence electrons. The highest BCUT2D eigenvalue weighted by Crippen LogP contribution is 2.66. The van der Waals surface area contributed by atoms with Crippen LogP contribution in [0.4, 0.5) is 0 Å². The van der Waals surface area contributed by atoms with Gasteiger partial charge in [0.2, 0.25) is 0 Å². The van der Waals surface area contributed by atoms with Crippen LogP contribution in [0, 0.1) is 22.2 Å². The van der Waals surface area contributed by atoms with Gasteiger partial charge in [0, 0.05) is 30.2 Å². The monoisotopic (exact) mass is 770 g/mol. The minimum atomic E-state index is -0.400. The van der Waals surface area contributed by atoms with Crippen LogP contribution in [-0.4, -0.2) is 89.1 Å². The van der Waals surface area contributed by atoms with Crippen LogP contribution in [0.15, 0.2) is 81.0 Å². The van der Waals surface area contributed by atoms with E-state index in [0.717, 1.165) is 50.2 Å². The maximum atomic E-state index is 11.3. The van der Waals surface area contributed by atoms with E-state index in [4.69, 9.17) is 37.9 Å². The van der Waals surface area contributed by atoms with Crippen LogP contribution >= 0.6 is 0 Å². The fraction of sp³-hybridized carbons (Fsp3) is 0.581. The first-order valence-electron chi connectivity index (χ1n) is 18.9. The number of benzene rings is 1. The first-order valence-corrected chi connectivity index (χ1v) is 18.9. The first kappa shape index (κ1) is 46.9. The van der Waals surface area contributed by atoms with Crippen LogP contribution < -0.4 is 4.74 Å². The highest BCUT2D eigenvalue weighted by atomic mass is 16.7. The third-order valence-electron chi connectivity index (χ3n) is 10.8. The Bertz CT molecular complexity index is 1380. The normalized spacial score (nSPS) is 23.6. The zero-order valence-corrected chi connectivity index (χ0v) is 33.3. The lowest BCUT2D eigenvalue weighted by atomic mass is 9.70. The van der Waals surface area contributed by atoms with Crippen molar-refractivity contribution in [3.05, 3.63) is 81.0 Å². The minimum absolute atomic E-state index is 0.0942. The van der Waals surface area contributed by atoms with Gasteiger partial charge in [0.25, 0.3) is 0 Å². The van der Waals surface area contributed by atoms with Gasteiger partial charge < -0.3 is 37.9 Å². The van der Waals surface area contributed by atoms with Crippen molar-refractivity contribution in [2.24, 2.45) is 22.2 Å². The molecule has 4 atom stereocenters. The SMILES string of the molecule is C=CC(=O)OC1CC2CCC1(C)C2(C)C.C=CC(=O)OCC1(CC)COCOC1.C=CC(=O)OCC1CCCO1.C=CCC(=O)OCCOc1ccccc1. The van der Waals surface area contributed by atoms with E-state index in [2.05, 4.69) is 47.1 Å². The van der Waals surface area contributed by atoms with Gasteiger partial charge in [0.1, 0.15) is 45.1 Å². The smallest absolute Gasteiger partial charge is 0.330 e. The number of esters is 4. The molecule has 4 unspecified atom stereocenters. The molecule has 2 aliphatic heterocycles. The Kier molecular flexibility index (Phi) is 20.7. The summed E-state index contributed by atoms with van der Waals surface area (Å²) in [5.74, 6) is 0.164. The Morgan fingerprint density at radius 1 is 0.855 bits per heavy atom. The quantitative estimate of drug-likeness (QED) is 0.0589. The lowest BCUT2D eigenvalue weighted by Gasteiger charge is -2.38. The van der Waals surface area contributed by atoms with Crippen molar-refractivity contribution >= 4 is 23.9 Å². The minimum Gasteiger partial charge on any atom is -0.490 e. The Balaban J connectivity index is 0.000000255. The van der Waals surface area contributed by atoms with Crippen molar-refractivity contribution in [3.8, 4) is 5.75 Å². The molecule has 0 radical (unpaired) electrons. The fourth-order valence-electron chi connectivity index (χ4n) is 6.80. The van der Waals surface area contributed by atoms with Gasteiger partial charge in [-0.15, -0.1) is 6.58 Å². The standard InChI is InChI=1S/C13H20O2.C12H14O3.C10H16O4.C8H12O3/c1-5-11(14)15-10-8-9-6-7-13(10,4)12(9,2)3;1-2-6-12(13)15-10-9-14-11-7-4-3-5-8-11;1-3-9(11)14-7-10(4-2)5-12-8-13-6-10;1-2-8(9)11-6-7-4-3-5-10-7/h5,9-10H,1,6-8H2,2-4H3;2-5,7-8H,1,6,9-10H2;3H,1,4-8H2,2H3;2,7H,1,3-6H2. The summed E-state index contributed by atoms with van der Waals surface area (Å²) < 4.78 is 41.1. The van der Waals surface area contributed by atoms with Crippen LogP contribution in [0.3, 0.4) is 0 Å². The summed E-state index contributed by atoms with van der Waals surface area (Å²) in [5, 5.41) is 0. The summed E-state index contributed by atoms with van der Waals surface area (Å²) in [4.78, 5) is 43.6. The van der Waals surface area contributed by atoms with Crippen molar-refractivity contribution in [2.45, 2.75) is 84.8 Å². The number of carbonyl (C=O) groups excluding carboxylic acids is 4. The second-order valence-electron chi connectivity index (χ2n) is 14.6. The van der Waals surface area contributed by atoms with Gasteiger partial charge in [0.15, 0.2) is 0 Å². The predicted octanol–water partition coefficient (Wildman–Crippen LogP) is 7.13. The van der Waals surface area contributed by atoms with Crippen LogP contribution in [-0.2, 0) is 52.3 Å². The summed E-state index contributed by atoms with van der Waals surface area (Å²) in [6, 6.07) is 9.40. The van der Waals surface area contributed by atoms with E-state index < -0.39 is 5.97 Å². The van der Waals surface area contributed by atoms with Crippen molar-refractivity contribution in [2.75, 3.05) is 53.0 Å². The Labute approximate surface area is 327 Å².